The number of hydrogen-bond acceptors (Lipinski definition) is 5. The van der Waals surface area contributed by atoms with E-state index in [0.717, 1.165) is 42.1 Å². The van der Waals surface area contributed by atoms with Gasteiger partial charge in [-0.1, -0.05) is 49.6 Å². The average Bonchev–Trinajstić information content (AvgIpc) is 3.43. The maximum Gasteiger partial charge on any atom is 0.248 e. The van der Waals surface area contributed by atoms with Crippen LogP contribution in [0.1, 0.15) is 56.2 Å². The molecule has 42 heavy (non-hydrogen) atoms. The number of nitrogens with zero attached hydrogens (tertiary/aromatic N) is 1. The van der Waals surface area contributed by atoms with E-state index in [1.807, 2.05) is 73.8 Å². The van der Waals surface area contributed by atoms with E-state index in [4.69, 9.17) is 14.2 Å². The van der Waals surface area contributed by atoms with E-state index >= 15 is 0 Å². The van der Waals surface area contributed by atoms with Gasteiger partial charge in [-0.3, -0.25) is 14.5 Å². The van der Waals surface area contributed by atoms with Crippen LogP contribution < -0.4 is 24.4 Å². The Hall–Kier alpha value is -4.46. The van der Waals surface area contributed by atoms with E-state index in [2.05, 4.69) is 10.3 Å². The fourth-order valence-electron chi connectivity index (χ4n) is 6.00. The van der Waals surface area contributed by atoms with E-state index in [1.165, 1.54) is 6.42 Å². The van der Waals surface area contributed by atoms with Crippen molar-refractivity contribution in [3.63, 3.8) is 0 Å². The first-order valence-electron chi connectivity index (χ1n) is 14.9. The number of H-pyrrole nitrogens is 1. The summed E-state index contributed by atoms with van der Waals surface area (Å²) in [5.74, 6) is 1.49. The second-order valence-electron chi connectivity index (χ2n) is 10.9. The summed E-state index contributed by atoms with van der Waals surface area (Å²) in [5, 5.41) is 4.27. The SMILES string of the molecule is CCOc1ccc(C(C(=O)NC2CCCCC2)N(C(=O)Cc2c[nH]c3ccccc23)c2ccc3c(c2)OCCO3)cc1. The van der Waals surface area contributed by atoms with Gasteiger partial charge >= 0.3 is 0 Å². The number of rotatable bonds is 9. The predicted octanol–water partition coefficient (Wildman–Crippen LogP) is 6.10. The zero-order valence-corrected chi connectivity index (χ0v) is 23.9. The molecule has 1 saturated carbocycles. The summed E-state index contributed by atoms with van der Waals surface area (Å²) < 4.78 is 17.3. The molecule has 218 valence electrons. The van der Waals surface area contributed by atoms with Gasteiger partial charge in [-0.25, -0.2) is 0 Å². The normalized spacial score (nSPS) is 15.6. The third kappa shape index (κ3) is 5.93. The van der Waals surface area contributed by atoms with Gasteiger partial charge in [0.25, 0.3) is 0 Å². The number of carbonyl (C=O) groups excluding carboxylic acids is 2. The lowest BCUT2D eigenvalue weighted by molar-refractivity contribution is -0.127. The largest absolute Gasteiger partial charge is 0.494 e. The molecule has 1 fully saturated rings. The number of fused-ring (bicyclic) bond motifs is 2. The van der Waals surface area contributed by atoms with Gasteiger partial charge < -0.3 is 24.5 Å². The van der Waals surface area contributed by atoms with Crippen LogP contribution in [0.5, 0.6) is 17.2 Å². The highest BCUT2D eigenvalue weighted by molar-refractivity contribution is 6.03. The summed E-state index contributed by atoms with van der Waals surface area (Å²) >= 11 is 0. The van der Waals surface area contributed by atoms with Crippen molar-refractivity contribution in [3.8, 4) is 17.2 Å². The van der Waals surface area contributed by atoms with Crippen molar-refractivity contribution in [1.82, 2.24) is 10.3 Å². The molecule has 1 unspecified atom stereocenters. The number of aromatic nitrogens is 1. The van der Waals surface area contributed by atoms with E-state index in [9.17, 15) is 9.59 Å². The smallest absolute Gasteiger partial charge is 0.248 e. The lowest BCUT2D eigenvalue weighted by atomic mass is 9.94. The van der Waals surface area contributed by atoms with E-state index in [1.54, 1.807) is 11.0 Å². The fraction of sp³-hybridized carbons (Fsp3) is 0.353. The van der Waals surface area contributed by atoms with Crippen LogP contribution >= 0.6 is 0 Å². The minimum atomic E-state index is -0.900. The average molecular weight is 568 g/mol. The predicted molar refractivity (Wildman–Crippen MR) is 162 cm³/mol. The van der Waals surface area contributed by atoms with Gasteiger partial charge in [-0.15, -0.1) is 0 Å². The molecular weight excluding hydrogens is 530 g/mol. The fourth-order valence-corrected chi connectivity index (χ4v) is 6.00. The maximum atomic E-state index is 14.4. The summed E-state index contributed by atoms with van der Waals surface area (Å²) in [6, 6.07) is 20.0. The van der Waals surface area contributed by atoms with Crippen molar-refractivity contribution < 1.29 is 23.8 Å². The van der Waals surface area contributed by atoms with Crippen molar-refractivity contribution in [2.24, 2.45) is 0 Å². The number of carbonyl (C=O) groups is 2. The summed E-state index contributed by atoms with van der Waals surface area (Å²) in [5.41, 5.74) is 3.11. The van der Waals surface area contributed by atoms with Crippen LogP contribution in [0.2, 0.25) is 0 Å². The summed E-state index contributed by atoms with van der Waals surface area (Å²) in [6.07, 6.45) is 7.22. The molecule has 1 aliphatic heterocycles. The molecule has 2 aliphatic rings. The van der Waals surface area contributed by atoms with Crippen molar-refractivity contribution >= 4 is 28.4 Å². The van der Waals surface area contributed by atoms with Gasteiger partial charge in [0.1, 0.15) is 25.0 Å². The highest BCUT2D eigenvalue weighted by atomic mass is 16.6. The van der Waals surface area contributed by atoms with E-state index in [-0.39, 0.29) is 24.3 Å². The number of nitrogens with one attached hydrogen (secondary N) is 2. The Morgan fingerprint density at radius 3 is 2.52 bits per heavy atom. The molecule has 3 aromatic carbocycles. The van der Waals surface area contributed by atoms with Crippen LogP contribution in [0.3, 0.4) is 0 Å². The lowest BCUT2D eigenvalue weighted by Crippen LogP contribution is -2.47. The zero-order valence-electron chi connectivity index (χ0n) is 23.9. The Bertz CT molecular complexity index is 1540. The van der Waals surface area contributed by atoms with Gasteiger partial charge in [0.05, 0.1) is 13.0 Å². The minimum Gasteiger partial charge on any atom is -0.494 e. The number of amides is 2. The Balaban J connectivity index is 1.42. The monoisotopic (exact) mass is 567 g/mol. The first-order chi connectivity index (χ1) is 20.6. The van der Waals surface area contributed by atoms with Gasteiger partial charge in [-0.2, -0.15) is 0 Å². The third-order valence-electron chi connectivity index (χ3n) is 8.05. The van der Waals surface area contributed by atoms with Gasteiger partial charge in [-0.05, 0) is 61.2 Å². The second kappa shape index (κ2) is 12.6. The molecule has 0 radical (unpaired) electrons. The molecule has 2 N–H and O–H groups in total. The summed E-state index contributed by atoms with van der Waals surface area (Å²) in [6.45, 7) is 3.36. The van der Waals surface area contributed by atoms with Crippen LogP contribution in [0, 0.1) is 0 Å². The Morgan fingerprint density at radius 2 is 1.74 bits per heavy atom. The number of ether oxygens (including phenoxy) is 3. The first kappa shape index (κ1) is 27.7. The van der Waals surface area contributed by atoms with Crippen molar-refractivity contribution in [2.45, 2.75) is 57.5 Å². The second-order valence-corrected chi connectivity index (χ2v) is 10.9. The maximum absolute atomic E-state index is 14.4. The highest BCUT2D eigenvalue weighted by Crippen LogP contribution is 2.38. The lowest BCUT2D eigenvalue weighted by Gasteiger charge is -2.34. The van der Waals surface area contributed by atoms with Crippen molar-refractivity contribution in [1.29, 1.82) is 0 Å². The van der Waals surface area contributed by atoms with Crippen LogP contribution in [0.15, 0.2) is 72.9 Å². The van der Waals surface area contributed by atoms with Crippen LogP contribution in [0.25, 0.3) is 10.9 Å². The topological polar surface area (TPSA) is 92.9 Å². The van der Waals surface area contributed by atoms with Crippen LogP contribution in [-0.2, 0) is 16.0 Å². The van der Waals surface area contributed by atoms with Gasteiger partial charge in [0.15, 0.2) is 11.5 Å². The quantitative estimate of drug-likeness (QED) is 0.255. The van der Waals surface area contributed by atoms with Crippen LogP contribution in [0.4, 0.5) is 5.69 Å². The molecular formula is C34H37N3O5. The molecule has 8 nitrogen and oxygen atoms in total. The van der Waals surface area contributed by atoms with Gasteiger partial charge in [0, 0.05) is 34.9 Å². The molecule has 0 saturated heterocycles. The minimum absolute atomic E-state index is 0.0854. The standard InChI is InChI=1S/C34H37N3O5/c1-2-40-27-15-12-23(13-16-27)33(34(39)36-25-8-4-3-5-9-25)37(26-14-17-30-31(21-26)42-19-18-41-30)32(38)20-24-22-35-29-11-7-6-10-28(24)29/h6-7,10-17,21-22,25,33,35H,2-5,8-9,18-20H2,1H3,(H,36,39). The molecule has 6 rings (SSSR count). The molecule has 2 heterocycles. The van der Waals surface area contributed by atoms with Crippen molar-refractivity contribution in [3.05, 3.63) is 84.1 Å². The third-order valence-corrected chi connectivity index (χ3v) is 8.05. The summed E-state index contributed by atoms with van der Waals surface area (Å²) in [7, 11) is 0. The molecule has 1 aliphatic carbocycles. The number of para-hydroxylation sites is 1. The highest BCUT2D eigenvalue weighted by Gasteiger charge is 2.35. The molecule has 0 spiro atoms. The molecule has 4 aromatic rings. The van der Waals surface area contributed by atoms with Gasteiger partial charge in [0.2, 0.25) is 11.8 Å². The number of hydrogen-bond donors (Lipinski definition) is 2. The molecule has 0 bridgehead atoms. The van der Waals surface area contributed by atoms with E-state index < -0.39 is 6.04 Å². The molecule has 8 heteroatoms. The zero-order chi connectivity index (χ0) is 28.9. The Labute approximate surface area is 246 Å². The first-order valence-corrected chi connectivity index (χ1v) is 14.9. The Morgan fingerprint density at radius 1 is 0.976 bits per heavy atom. The molecule has 2 amide bonds. The Kier molecular flexibility index (Phi) is 8.30. The van der Waals surface area contributed by atoms with E-state index in [0.29, 0.717) is 48.3 Å². The summed E-state index contributed by atoms with van der Waals surface area (Å²) in [4.78, 5) is 33.6. The molecule has 1 aromatic heterocycles. The number of anilines is 1. The number of benzene rings is 3. The van der Waals surface area contributed by atoms with Crippen LogP contribution in [-0.4, -0.2) is 42.7 Å². The van der Waals surface area contributed by atoms with Crippen molar-refractivity contribution in [2.75, 3.05) is 24.7 Å². The number of aromatic amines is 1. The molecule has 1 atom stereocenters.